The first-order chi connectivity index (χ1) is 15.3. The number of hydrogen-bond donors (Lipinski definition) is 0. The zero-order valence-electron chi connectivity index (χ0n) is 19.0. The number of nitrogens with zero attached hydrogens (tertiary/aromatic N) is 4. The van der Waals surface area contributed by atoms with Crippen LogP contribution >= 0.6 is 0 Å². The summed E-state index contributed by atoms with van der Waals surface area (Å²) in [7, 11) is -6.73. The van der Waals surface area contributed by atoms with Crippen LogP contribution in [0.2, 0.25) is 0 Å². The van der Waals surface area contributed by atoms with Crippen LogP contribution in [0.5, 0.6) is 0 Å². The molecular weight excluding hydrogens is 448 g/mol. The molecule has 0 aromatic rings. The van der Waals surface area contributed by atoms with Crippen molar-refractivity contribution in [2.45, 2.75) is 124 Å². The van der Waals surface area contributed by atoms with Gasteiger partial charge >= 0.3 is 0 Å². The minimum Gasteiger partial charge on any atom is -0.362 e. The van der Waals surface area contributed by atoms with Crippen molar-refractivity contribution in [2.75, 3.05) is 0 Å². The van der Waals surface area contributed by atoms with Crippen molar-refractivity contribution in [3.8, 4) is 0 Å². The molecular formula is C22H38N4O4S2. The second-order valence-electron chi connectivity index (χ2n) is 9.30. The lowest BCUT2D eigenvalue weighted by Gasteiger charge is -2.24. The van der Waals surface area contributed by atoms with Gasteiger partial charge in [0.1, 0.15) is 0 Å². The van der Waals surface area contributed by atoms with Crippen LogP contribution in [0.1, 0.15) is 103 Å². The highest BCUT2D eigenvalue weighted by molar-refractivity contribution is 7.93. The van der Waals surface area contributed by atoms with E-state index in [0.717, 1.165) is 63.8 Å². The molecule has 0 radical (unpaired) electrons. The van der Waals surface area contributed by atoms with Gasteiger partial charge in [-0.25, -0.2) is 16.8 Å². The summed E-state index contributed by atoms with van der Waals surface area (Å²) in [6.07, 6.45) is 14.5. The quantitative estimate of drug-likeness (QED) is 0.167. The van der Waals surface area contributed by atoms with Gasteiger partial charge in [0.05, 0.1) is 10.5 Å². The molecule has 0 saturated heterocycles. The maximum Gasteiger partial charge on any atom is 0.275 e. The van der Waals surface area contributed by atoms with Gasteiger partial charge in [-0.15, -0.1) is 0 Å². The van der Waals surface area contributed by atoms with E-state index in [9.17, 15) is 16.8 Å². The Kier molecular flexibility index (Phi) is 11.3. The van der Waals surface area contributed by atoms with E-state index in [0.29, 0.717) is 51.4 Å². The Morgan fingerprint density at radius 1 is 0.625 bits per heavy atom. The molecule has 2 unspecified atom stereocenters. The number of sulfone groups is 2. The summed E-state index contributed by atoms with van der Waals surface area (Å²) in [6, 6.07) is 0. The molecule has 0 aromatic heterocycles. The standard InChI is InChI=1S/C22H38N4O4S2/c23-25-17-21(31(27,28)19-11-7-3-8-12-19)15-5-1-2-6-16-22(18-26-24)32(29,30)20-13-9-4-10-14-20/h17-22H,1-16H2. The van der Waals surface area contributed by atoms with Crippen molar-refractivity contribution < 1.29 is 26.4 Å². The fraction of sp³-hybridized carbons (Fsp3) is 0.909. The summed E-state index contributed by atoms with van der Waals surface area (Å²) >= 11 is 0. The summed E-state index contributed by atoms with van der Waals surface area (Å²) in [6.45, 7) is 0. The lowest BCUT2D eigenvalue weighted by Crippen LogP contribution is -2.35. The van der Waals surface area contributed by atoms with Gasteiger partial charge < -0.3 is 11.1 Å². The molecule has 2 rings (SSSR count). The van der Waals surface area contributed by atoms with E-state index < -0.39 is 30.2 Å². The third-order valence-corrected chi connectivity index (χ3v) is 12.3. The molecule has 2 fully saturated rings. The van der Waals surface area contributed by atoms with Gasteiger partial charge in [-0.2, -0.15) is 9.58 Å². The Bertz CT molecular complexity index is 805. The normalized spacial score (nSPS) is 20.6. The van der Waals surface area contributed by atoms with Gasteiger partial charge in [-0.3, -0.25) is 0 Å². The largest absolute Gasteiger partial charge is 0.362 e. The second kappa shape index (κ2) is 13.4. The Morgan fingerprint density at radius 3 is 1.28 bits per heavy atom. The number of unbranched alkanes of at least 4 members (excludes halogenated alkanes) is 3. The topological polar surface area (TPSA) is 141 Å². The molecule has 0 N–H and O–H groups in total. The van der Waals surface area contributed by atoms with E-state index in [1.165, 1.54) is 0 Å². The van der Waals surface area contributed by atoms with E-state index in [1.54, 1.807) is 0 Å². The molecule has 0 amide bonds. The Labute approximate surface area is 193 Å². The molecule has 182 valence electrons. The summed E-state index contributed by atoms with van der Waals surface area (Å²) < 4.78 is 51.6. The predicted octanol–water partition coefficient (Wildman–Crippen LogP) is 4.16. The fourth-order valence-corrected chi connectivity index (χ4v) is 9.53. The third kappa shape index (κ3) is 7.62. The van der Waals surface area contributed by atoms with E-state index in [-0.39, 0.29) is 10.5 Å². The van der Waals surface area contributed by atoms with E-state index in [2.05, 4.69) is 9.58 Å². The summed E-state index contributed by atoms with van der Waals surface area (Å²) in [4.78, 5) is 6.04. The first-order valence-electron chi connectivity index (χ1n) is 12.1. The lowest BCUT2D eigenvalue weighted by molar-refractivity contribution is 0.000492. The second-order valence-corrected chi connectivity index (χ2v) is 14.2. The van der Waals surface area contributed by atoms with E-state index >= 15 is 0 Å². The van der Waals surface area contributed by atoms with Gasteiger partial charge in [0.15, 0.2) is 30.2 Å². The van der Waals surface area contributed by atoms with Gasteiger partial charge in [0.25, 0.3) is 12.4 Å². The lowest BCUT2D eigenvalue weighted by atomic mass is 10.0. The highest BCUT2D eigenvalue weighted by Gasteiger charge is 2.37. The molecule has 10 heteroatoms. The molecule has 0 aliphatic heterocycles. The molecule has 2 saturated carbocycles. The van der Waals surface area contributed by atoms with Crippen molar-refractivity contribution in [1.82, 2.24) is 0 Å². The minimum absolute atomic E-state index is 0.345. The van der Waals surface area contributed by atoms with Crippen LogP contribution in [0.3, 0.4) is 0 Å². The number of rotatable bonds is 13. The fourth-order valence-electron chi connectivity index (χ4n) is 5.12. The maximum atomic E-state index is 12.9. The first-order valence-corrected chi connectivity index (χ1v) is 15.4. The molecule has 0 heterocycles. The van der Waals surface area contributed by atoms with Crippen molar-refractivity contribution in [1.29, 1.82) is 0 Å². The van der Waals surface area contributed by atoms with Crippen LogP contribution in [0.4, 0.5) is 0 Å². The molecule has 0 bridgehead atoms. The van der Waals surface area contributed by atoms with Crippen LogP contribution in [0.25, 0.3) is 11.1 Å². The zero-order chi connectivity index (χ0) is 23.5. The third-order valence-electron chi connectivity index (χ3n) is 7.07. The van der Waals surface area contributed by atoms with Crippen molar-refractivity contribution in [3.05, 3.63) is 11.1 Å². The Hall–Kier alpha value is -1.34. The summed E-state index contributed by atoms with van der Waals surface area (Å²) in [5, 5.41) is -2.22. The van der Waals surface area contributed by atoms with Crippen LogP contribution < -0.4 is 0 Å². The smallest absolute Gasteiger partial charge is 0.275 e. The Morgan fingerprint density at radius 2 is 0.969 bits per heavy atom. The SMILES string of the molecule is [N-]=[N+]=CC(CCCCCCC(C=[N+]=[N-])S(=O)(=O)C1CCCCC1)S(=O)(=O)C1CCCCC1. The highest BCUT2D eigenvalue weighted by Crippen LogP contribution is 2.29. The van der Waals surface area contributed by atoms with Crippen molar-refractivity contribution in [2.24, 2.45) is 0 Å². The minimum atomic E-state index is -3.37. The van der Waals surface area contributed by atoms with Crippen LogP contribution in [0.15, 0.2) is 0 Å². The monoisotopic (exact) mass is 486 g/mol. The Balaban J connectivity index is 1.81. The van der Waals surface area contributed by atoms with Gasteiger partial charge in [0.2, 0.25) is 0 Å². The average Bonchev–Trinajstić information content (AvgIpc) is 2.80. The van der Waals surface area contributed by atoms with Gasteiger partial charge in [-0.1, -0.05) is 64.2 Å². The zero-order valence-corrected chi connectivity index (χ0v) is 20.6. The van der Waals surface area contributed by atoms with Crippen LogP contribution in [-0.4, -0.2) is 59.8 Å². The van der Waals surface area contributed by atoms with E-state index in [1.807, 2.05) is 0 Å². The maximum absolute atomic E-state index is 12.9. The van der Waals surface area contributed by atoms with Crippen LogP contribution in [-0.2, 0) is 19.7 Å². The molecule has 2 aliphatic carbocycles. The van der Waals surface area contributed by atoms with Gasteiger partial charge in [-0.05, 0) is 38.5 Å². The van der Waals surface area contributed by atoms with Crippen molar-refractivity contribution >= 4 is 32.1 Å². The summed E-state index contributed by atoms with van der Waals surface area (Å²) in [5.41, 5.74) is 17.9. The van der Waals surface area contributed by atoms with Crippen LogP contribution in [0, 0.1) is 0 Å². The molecule has 0 aromatic carbocycles. The molecule has 2 atom stereocenters. The first kappa shape index (κ1) is 26.9. The van der Waals surface area contributed by atoms with Crippen molar-refractivity contribution in [3.63, 3.8) is 0 Å². The molecule has 32 heavy (non-hydrogen) atoms. The molecule has 0 spiro atoms. The molecule has 2 aliphatic rings. The molecule has 8 nitrogen and oxygen atoms in total. The van der Waals surface area contributed by atoms with E-state index in [4.69, 9.17) is 11.1 Å². The highest BCUT2D eigenvalue weighted by atomic mass is 32.2. The summed E-state index contributed by atoms with van der Waals surface area (Å²) in [5.74, 6) is 0. The average molecular weight is 487 g/mol. The predicted molar refractivity (Wildman–Crippen MR) is 126 cm³/mol. The van der Waals surface area contributed by atoms with Gasteiger partial charge in [0, 0.05) is 0 Å². The number of hydrogen-bond acceptors (Lipinski definition) is 4.